The molecule has 1 amide bonds. The number of halogens is 1. The molecule has 1 unspecified atom stereocenters. The van der Waals surface area contributed by atoms with Gasteiger partial charge in [0.25, 0.3) is 11.8 Å². The quantitative estimate of drug-likeness (QED) is 0.753. The lowest BCUT2D eigenvalue weighted by Crippen LogP contribution is -3.08. The fourth-order valence-corrected chi connectivity index (χ4v) is 2.45. The molecule has 2 N–H and O–H groups in total. The number of anilines is 1. The third kappa shape index (κ3) is 4.09. The van der Waals surface area contributed by atoms with E-state index in [1.807, 2.05) is 31.3 Å². The molecule has 0 saturated carbocycles. The predicted molar refractivity (Wildman–Crippen MR) is 89.5 cm³/mol. The average Bonchev–Trinajstić information content (AvgIpc) is 2.91. The van der Waals surface area contributed by atoms with Crippen molar-refractivity contribution in [3.05, 3.63) is 59.4 Å². The maximum atomic E-state index is 12.1. The molecule has 0 aliphatic heterocycles. The SMILES string of the molecule is C[NH+](CC(=O)Nc1ccc(Cl)cc1)Cc1nc2ccccc2o1. The molecule has 0 bridgehead atoms. The third-order valence-electron chi connectivity index (χ3n) is 3.38. The second kappa shape index (κ2) is 6.81. The minimum atomic E-state index is -0.0686. The van der Waals surface area contributed by atoms with Crippen molar-refractivity contribution in [1.82, 2.24) is 4.98 Å². The number of likely N-dealkylation sites (N-methyl/N-ethyl adjacent to an activating group) is 1. The van der Waals surface area contributed by atoms with E-state index in [4.69, 9.17) is 16.0 Å². The molecule has 0 spiro atoms. The molecule has 3 aromatic rings. The van der Waals surface area contributed by atoms with Gasteiger partial charge in [0.2, 0.25) is 0 Å². The number of oxazole rings is 1. The lowest BCUT2D eigenvalue weighted by atomic mass is 10.3. The van der Waals surface area contributed by atoms with Gasteiger partial charge in [-0.2, -0.15) is 0 Å². The second-order valence-electron chi connectivity index (χ2n) is 5.44. The molecule has 0 radical (unpaired) electrons. The van der Waals surface area contributed by atoms with E-state index in [0.717, 1.165) is 21.7 Å². The molecule has 23 heavy (non-hydrogen) atoms. The summed E-state index contributed by atoms with van der Waals surface area (Å²) >= 11 is 5.82. The normalized spacial score (nSPS) is 12.3. The first-order valence-electron chi connectivity index (χ1n) is 7.31. The first-order valence-corrected chi connectivity index (χ1v) is 7.69. The van der Waals surface area contributed by atoms with Crippen molar-refractivity contribution in [2.24, 2.45) is 0 Å². The smallest absolute Gasteiger partial charge is 0.279 e. The highest BCUT2D eigenvalue weighted by atomic mass is 35.5. The molecule has 1 aromatic heterocycles. The zero-order valence-corrected chi connectivity index (χ0v) is 13.4. The van der Waals surface area contributed by atoms with Crippen molar-refractivity contribution < 1.29 is 14.1 Å². The van der Waals surface area contributed by atoms with Crippen molar-refractivity contribution >= 4 is 34.3 Å². The molecule has 0 saturated heterocycles. The van der Waals surface area contributed by atoms with Gasteiger partial charge in [-0.1, -0.05) is 23.7 Å². The fourth-order valence-electron chi connectivity index (χ4n) is 2.33. The molecule has 6 heteroatoms. The largest absolute Gasteiger partial charge is 0.435 e. The summed E-state index contributed by atoms with van der Waals surface area (Å²) in [5, 5.41) is 3.48. The molecule has 2 aromatic carbocycles. The molecular formula is C17H17ClN3O2+. The minimum Gasteiger partial charge on any atom is -0.435 e. The summed E-state index contributed by atoms with van der Waals surface area (Å²) in [6.45, 7) is 0.865. The summed E-state index contributed by atoms with van der Waals surface area (Å²) in [4.78, 5) is 17.5. The number of rotatable bonds is 5. The summed E-state index contributed by atoms with van der Waals surface area (Å²) in [5.74, 6) is 0.559. The van der Waals surface area contributed by atoms with Gasteiger partial charge in [-0.3, -0.25) is 4.79 Å². The molecule has 118 valence electrons. The highest BCUT2D eigenvalue weighted by Gasteiger charge is 2.14. The van der Waals surface area contributed by atoms with Gasteiger partial charge in [0.05, 0.1) is 7.05 Å². The Kier molecular flexibility index (Phi) is 4.60. The van der Waals surface area contributed by atoms with Gasteiger partial charge in [-0.05, 0) is 36.4 Å². The summed E-state index contributed by atoms with van der Waals surface area (Å²) in [6.07, 6.45) is 0. The fraction of sp³-hybridized carbons (Fsp3) is 0.176. The number of quaternary nitrogens is 1. The van der Waals surface area contributed by atoms with Crippen molar-refractivity contribution in [3.8, 4) is 0 Å². The van der Waals surface area contributed by atoms with Crippen molar-refractivity contribution in [2.75, 3.05) is 18.9 Å². The third-order valence-corrected chi connectivity index (χ3v) is 3.63. The van der Waals surface area contributed by atoms with Crippen LogP contribution in [0.4, 0.5) is 5.69 Å². The van der Waals surface area contributed by atoms with Gasteiger partial charge in [0.1, 0.15) is 5.52 Å². The van der Waals surface area contributed by atoms with Gasteiger partial charge >= 0.3 is 0 Å². The van der Waals surface area contributed by atoms with Gasteiger partial charge in [0.15, 0.2) is 18.7 Å². The summed E-state index contributed by atoms with van der Waals surface area (Å²) in [5.41, 5.74) is 2.33. The highest BCUT2D eigenvalue weighted by molar-refractivity contribution is 6.30. The topological polar surface area (TPSA) is 59.6 Å². The van der Waals surface area contributed by atoms with E-state index in [9.17, 15) is 4.79 Å². The van der Waals surface area contributed by atoms with E-state index in [0.29, 0.717) is 24.0 Å². The van der Waals surface area contributed by atoms with Crippen molar-refractivity contribution in [2.45, 2.75) is 6.54 Å². The number of para-hydroxylation sites is 2. The summed E-state index contributed by atoms with van der Waals surface area (Å²) in [6, 6.07) is 14.7. The summed E-state index contributed by atoms with van der Waals surface area (Å²) < 4.78 is 5.67. The van der Waals surface area contributed by atoms with Crippen LogP contribution >= 0.6 is 11.6 Å². The number of hydrogen-bond donors (Lipinski definition) is 2. The zero-order valence-electron chi connectivity index (χ0n) is 12.7. The first-order chi connectivity index (χ1) is 11.1. The molecule has 5 nitrogen and oxygen atoms in total. The van der Waals surface area contributed by atoms with Gasteiger partial charge < -0.3 is 14.6 Å². The van der Waals surface area contributed by atoms with Crippen molar-refractivity contribution in [1.29, 1.82) is 0 Å². The number of benzene rings is 2. The predicted octanol–water partition coefficient (Wildman–Crippen LogP) is 2.13. The number of carbonyl (C=O) groups is 1. The number of hydrogen-bond acceptors (Lipinski definition) is 3. The van der Waals surface area contributed by atoms with E-state index in [1.165, 1.54) is 0 Å². The highest BCUT2D eigenvalue weighted by Crippen LogP contribution is 2.14. The maximum absolute atomic E-state index is 12.1. The van der Waals surface area contributed by atoms with Crippen LogP contribution in [-0.2, 0) is 11.3 Å². The van der Waals surface area contributed by atoms with Crippen LogP contribution in [0.15, 0.2) is 52.9 Å². The number of nitrogens with zero attached hydrogens (tertiary/aromatic N) is 1. The Morgan fingerprint density at radius 1 is 1.22 bits per heavy atom. The Morgan fingerprint density at radius 2 is 1.96 bits per heavy atom. The minimum absolute atomic E-state index is 0.0686. The summed E-state index contributed by atoms with van der Waals surface area (Å²) in [7, 11) is 1.93. The first kappa shape index (κ1) is 15.5. The Labute approximate surface area is 138 Å². The van der Waals surface area contributed by atoms with Crippen molar-refractivity contribution in [3.63, 3.8) is 0 Å². The van der Waals surface area contributed by atoms with Crippen LogP contribution in [0.25, 0.3) is 11.1 Å². The van der Waals surface area contributed by atoms with Gasteiger partial charge in [-0.25, -0.2) is 4.98 Å². The van der Waals surface area contributed by atoms with Crippen LogP contribution in [-0.4, -0.2) is 24.5 Å². The maximum Gasteiger partial charge on any atom is 0.279 e. The van der Waals surface area contributed by atoms with E-state index in [-0.39, 0.29) is 5.91 Å². The van der Waals surface area contributed by atoms with Gasteiger partial charge in [0, 0.05) is 10.7 Å². The van der Waals surface area contributed by atoms with Crippen LogP contribution in [0.1, 0.15) is 5.89 Å². The Hall–Kier alpha value is -2.37. The van der Waals surface area contributed by atoms with Crippen LogP contribution in [0, 0.1) is 0 Å². The molecular weight excluding hydrogens is 314 g/mol. The number of amides is 1. The molecule has 3 rings (SSSR count). The Balaban J connectivity index is 1.56. The van der Waals surface area contributed by atoms with Crippen LogP contribution in [0.5, 0.6) is 0 Å². The lowest BCUT2D eigenvalue weighted by Gasteiger charge is -2.11. The molecule has 1 atom stereocenters. The molecule has 0 aliphatic carbocycles. The Bertz CT molecular complexity index is 781. The molecule has 0 fully saturated rings. The molecule has 1 heterocycles. The van der Waals surface area contributed by atoms with E-state index in [1.54, 1.807) is 24.3 Å². The van der Waals surface area contributed by atoms with Gasteiger partial charge in [-0.15, -0.1) is 0 Å². The number of aromatic nitrogens is 1. The van der Waals surface area contributed by atoms with Crippen LogP contribution < -0.4 is 10.2 Å². The number of nitrogens with one attached hydrogen (secondary N) is 2. The Morgan fingerprint density at radius 3 is 2.70 bits per heavy atom. The second-order valence-corrected chi connectivity index (χ2v) is 5.88. The molecule has 0 aliphatic rings. The standard InChI is InChI=1S/C17H16ClN3O2/c1-21(10-16(22)19-13-8-6-12(18)7-9-13)11-17-20-14-4-2-3-5-15(14)23-17/h2-9H,10-11H2,1H3,(H,19,22)/p+1. The number of carbonyl (C=O) groups excluding carboxylic acids is 1. The zero-order chi connectivity index (χ0) is 16.2. The van der Waals surface area contributed by atoms with E-state index >= 15 is 0 Å². The lowest BCUT2D eigenvalue weighted by molar-refractivity contribution is -0.886. The van der Waals surface area contributed by atoms with E-state index in [2.05, 4.69) is 10.3 Å². The monoisotopic (exact) mass is 330 g/mol. The van der Waals surface area contributed by atoms with Crippen LogP contribution in [0.2, 0.25) is 5.02 Å². The van der Waals surface area contributed by atoms with Crippen LogP contribution in [0.3, 0.4) is 0 Å². The number of fused-ring (bicyclic) bond motifs is 1. The van der Waals surface area contributed by atoms with E-state index < -0.39 is 0 Å². The average molecular weight is 331 g/mol.